The minimum atomic E-state index is -1.58. The molecule has 0 aromatic carbocycles. The minimum Gasteiger partial charge on any atom is -0.394 e. The lowest BCUT2D eigenvalue weighted by atomic mass is 9.99. The van der Waals surface area contributed by atoms with Gasteiger partial charge in [0.25, 0.3) is 0 Å². The molecule has 1 aliphatic rings. The molecule has 1 amide bonds. The molecule has 0 radical (unpaired) electrons. The lowest BCUT2D eigenvalue weighted by Crippen LogP contribution is -2.60. The Morgan fingerprint density at radius 3 is 1.57 bits per heavy atom. The van der Waals surface area contributed by atoms with Crippen LogP contribution in [0.25, 0.3) is 0 Å². The highest BCUT2D eigenvalue weighted by atomic mass is 16.7. The van der Waals surface area contributed by atoms with Crippen LogP contribution in [0.1, 0.15) is 149 Å². The molecule has 0 aromatic heterocycles. The van der Waals surface area contributed by atoms with Gasteiger partial charge >= 0.3 is 0 Å². The molecule has 1 aliphatic heterocycles. The smallest absolute Gasteiger partial charge is 0.220 e. The Morgan fingerprint density at radius 1 is 0.603 bits per heavy atom. The van der Waals surface area contributed by atoms with E-state index in [4.69, 9.17) is 9.47 Å². The standard InChI is InChI=1S/C49H81NO8/c1-3-5-7-9-11-13-15-17-18-19-20-21-22-23-24-25-26-27-29-31-33-35-37-39-45(53)50-42(41-57-49-48(56)47(55)46(54)44(40-51)58-49)43(52)38-36-34-32-30-28-16-14-12-10-8-6-4-2/h5,7,11,13,17-18,20-21,23-24,26-27,31,33,36,38,42-44,46-49,51-52,54-56H,3-4,6,8-10,12,14-16,19,22,25,28-30,32,34-35,37,39-41H2,1-2H3,(H,50,53)/b7-5-,13-11-,18-17-,21-20-,24-23-,27-26-,33-31-,38-36+. The molecule has 1 saturated heterocycles. The van der Waals surface area contributed by atoms with Gasteiger partial charge in [0.2, 0.25) is 5.91 Å². The van der Waals surface area contributed by atoms with Gasteiger partial charge in [0, 0.05) is 6.42 Å². The number of carbonyl (C=O) groups is 1. The number of carbonyl (C=O) groups excluding carboxylic acids is 1. The highest BCUT2D eigenvalue weighted by molar-refractivity contribution is 5.76. The Kier molecular flexibility index (Phi) is 35.1. The maximum Gasteiger partial charge on any atom is 0.220 e. The molecular weight excluding hydrogens is 731 g/mol. The van der Waals surface area contributed by atoms with Crippen molar-refractivity contribution in [3.63, 3.8) is 0 Å². The van der Waals surface area contributed by atoms with Crippen molar-refractivity contribution in [1.29, 1.82) is 0 Å². The predicted molar refractivity (Wildman–Crippen MR) is 239 cm³/mol. The molecule has 0 aromatic rings. The van der Waals surface area contributed by atoms with E-state index in [1.807, 2.05) is 6.08 Å². The van der Waals surface area contributed by atoms with Crippen LogP contribution in [0.2, 0.25) is 0 Å². The summed E-state index contributed by atoms with van der Waals surface area (Å²) in [5, 5.41) is 54.0. The van der Waals surface area contributed by atoms with E-state index in [-0.39, 0.29) is 18.9 Å². The van der Waals surface area contributed by atoms with E-state index < -0.39 is 49.5 Å². The van der Waals surface area contributed by atoms with Crippen molar-refractivity contribution in [3.8, 4) is 0 Å². The van der Waals surface area contributed by atoms with Crippen LogP contribution >= 0.6 is 0 Å². The molecule has 1 fully saturated rings. The van der Waals surface area contributed by atoms with Crippen molar-refractivity contribution in [2.24, 2.45) is 0 Å². The van der Waals surface area contributed by atoms with Crippen molar-refractivity contribution in [3.05, 3.63) is 97.2 Å². The number of ether oxygens (including phenoxy) is 2. The SMILES string of the molecule is CC/C=C\C/C=C\C/C=C\C/C=C\C/C=C\C/C=C\C/C=C\CCCC(=O)NC(COC1OC(CO)C(O)C(O)C1O)C(O)/C=C/CCCCCCCCCCCC. The molecule has 6 N–H and O–H groups in total. The van der Waals surface area contributed by atoms with Gasteiger partial charge in [-0.25, -0.2) is 0 Å². The van der Waals surface area contributed by atoms with Gasteiger partial charge in [0.05, 0.1) is 25.4 Å². The molecule has 9 heteroatoms. The normalized spacial score (nSPS) is 21.8. The van der Waals surface area contributed by atoms with E-state index in [0.717, 1.165) is 70.6 Å². The van der Waals surface area contributed by atoms with Gasteiger partial charge in [-0.05, 0) is 70.6 Å². The zero-order valence-electron chi connectivity index (χ0n) is 36.0. The maximum absolute atomic E-state index is 12.9. The van der Waals surface area contributed by atoms with Gasteiger partial charge in [0.1, 0.15) is 24.4 Å². The van der Waals surface area contributed by atoms with Gasteiger partial charge in [-0.15, -0.1) is 0 Å². The first-order valence-electron chi connectivity index (χ1n) is 22.5. The molecule has 1 rings (SSSR count). The molecule has 1 heterocycles. The van der Waals surface area contributed by atoms with E-state index in [9.17, 15) is 30.3 Å². The Balaban J connectivity index is 2.41. The molecule has 9 nitrogen and oxygen atoms in total. The van der Waals surface area contributed by atoms with Crippen molar-refractivity contribution in [2.75, 3.05) is 13.2 Å². The van der Waals surface area contributed by atoms with Crippen LogP contribution in [-0.4, -0.2) is 87.5 Å². The third-order valence-electron chi connectivity index (χ3n) is 9.91. The number of rotatable bonds is 35. The Hall–Kier alpha value is -2.89. The topological polar surface area (TPSA) is 149 Å². The van der Waals surface area contributed by atoms with Crippen molar-refractivity contribution >= 4 is 5.91 Å². The van der Waals surface area contributed by atoms with Crippen LogP contribution < -0.4 is 5.32 Å². The second-order valence-corrected chi connectivity index (χ2v) is 15.1. The van der Waals surface area contributed by atoms with Gasteiger partial charge in [0.15, 0.2) is 6.29 Å². The predicted octanol–water partition coefficient (Wildman–Crippen LogP) is 9.33. The zero-order chi connectivity index (χ0) is 42.3. The van der Waals surface area contributed by atoms with Crippen LogP contribution in [0.5, 0.6) is 0 Å². The molecule has 0 saturated carbocycles. The lowest BCUT2D eigenvalue weighted by molar-refractivity contribution is -0.302. The van der Waals surface area contributed by atoms with Gasteiger partial charge in [-0.2, -0.15) is 0 Å². The first-order valence-corrected chi connectivity index (χ1v) is 22.5. The molecule has 0 bridgehead atoms. The van der Waals surface area contributed by atoms with Gasteiger partial charge in [-0.1, -0.05) is 169 Å². The van der Waals surface area contributed by atoms with Crippen LogP contribution in [-0.2, 0) is 14.3 Å². The van der Waals surface area contributed by atoms with Crippen molar-refractivity contribution in [1.82, 2.24) is 5.32 Å². The number of hydrogen-bond acceptors (Lipinski definition) is 8. The third kappa shape index (κ3) is 28.5. The average Bonchev–Trinajstić information content (AvgIpc) is 3.22. The molecule has 58 heavy (non-hydrogen) atoms. The van der Waals surface area contributed by atoms with E-state index in [1.165, 1.54) is 51.4 Å². The fourth-order valence-electron chi connectivity index (χ4n) is 6.32. The molecule has 7 unspecified atom stereocenters. The first-order chi connectivity index (χ1) is 28.3. The summed E-state index contributed by atoms with van der Waals surface area (Å²) in [7, 11) is 0. The Morgan fingerprint density at radius 2 is 1.07 bits per heavy atom. The Labute approximate surface area is 352 Å². The highest BCUT2D eigenvalue weighted by Gasteiger charge is 2.44. The second-order valence-electron chi connectivity index (χ2n) is 15.1. The molecule has 0 spiro atoms. The van der Waals surface area contributed by atoms with Crippen LogP contribution in [0.4, 0.5) is 0 Å². The summed E-state index contributed by atoms with van der Waals surface area (Å²) in [6.07, 6.45) is 47.4. The van der Waals surface area contributed by atoms with Gasteiger partial charge in [-0.3, -0.25) is 4.79 Å². The summed E-state index contributed by atoms with van der Waals surface area (Å²) in [5.41, 5.74) is 0. The Bertz CT molecular complexity index is 1220. The average molecular weight is 812 g/mol. The summed E-state index contributed by atoms with van der Waals surface area (Å²) < 4.78 is 11.2. The fraction of sp³-hybridized carbons (Fsp3) is 0.653. The summed E-state index contributed by atoms with van der Waals surface area (Å²) >= 11 is 0. The minimum absolute atomic E-state index is 0.218. The van der Waals surface area contributed by atoms with E-state index in [2.05, 4.69) is 104 Å². The largest absolute Gasteiger partial charge is 0.394 e. The highest BCUT2D eigenvalue weighted by Crippen LogP contribution is 2.22. The fourth-order valence-corrected chi connectivity index (χ4v) is 6.32. The second kappa shape index (κ2) is 38.3. The number of hydrogen-bond donors (Lipinski definition) is 6. The first kappa shape index (κ1) is 53.1. The van der Waals surface area contributed by atoms with E-state index >= 15 is 0 Å². The number of aliphatic hydroxyl groups excluding tert-OH is 5. The van der Waals surface area contributed by atoms with E-state index in [0.29, 0.717) is 6.42 Å². The van der Waals surface area contributed by atoms with Gasteiger partial charge < -0.3 is 40.3 Å². The summed E-state index contributed by atoms with van der Waals surface area (Å²) in [4.78, 5) is 12.9. The quantitative estimate of drug-likeness (QED) is 0.0274. The third-order valence-corrected chi connectivity index (χ3v) is 9.91. The number of amides is 1. The number of allylic oxidation sites excluding steroid dienone is 15. The molecule has 7 atom stereocenters. The maximum atomic E-state index is 12.9. The molecule has 0 aliphatic carbocycles. The van der Waals surface area contributed by atoms with Crippen LogP contribution in [0.3, 0.4) is 0 Å². The van der Waals surface area contributed by atoms with Crippen molar-refractivity contribution < 1.29 is 39.8 Å². The van der Waals surface area contributed by atoms with Crippen LogP contribution in [0.15, 0.2) is 97.2 Å². The summed E-state index contributed by atoms with van der Waals surface area (Å²) in [6, 6.07) is -0.840. The number of aliphatic hydroxyl groups is 5. The van der Waals surface area contributed by atoms with E-state index in [1.54, 1.807) is 6.08 Å². The summed E-state index contributed by atoms with van der Waals surface area (Å²) in [6.45, 7) is 3.59. The zero-order valence-corrected chi connectivity index (χ0v) is 36.0. The van der Waals surface area contributed by atoms with Crippen LogP contribution in [0, 0.1) is 0 Å². The molecule has 330 valence electrons. The number of unbranched alkanes of at least 4 members (excludes halogenated alkanes) is 11. The number of nitrogens with one attached hydrogen (secondary N) is 1. The van der Waals surface area contributed by atoms with Crippen molar-refractivity contribution in [2.45, 2.75) is 192 Å². The monoisotopic (exact) mass is 812 g/mol. The summed E-state index contributed by atoms with van der Waals surface area (Å²) in [5.74, 6) is -0.241. The molecular formula is C49H81NO8. The lowest BCUT2D eigenvalue weighted by Gasteiger charge is -2.40.